The zero-order chi connectivity index (χ0) is 15.9. The fraction of sp³-hybridized carbons (Fsp3) is 0.625. The molecular weight excluding hydrogens is 286 g/mol. The zero-order valence-electron chi connectivity index (χ0n) is 13.0. The van der Waals surface area contributed by atoms with Crippen LogP contribution in [-0.2, 0) is 15.3 Å². The van der Waals surface area contributed by atoms with Gasteiger partial charge in [-0.25, -0.2) is 8.42 Å². The van der Waals surface area contributed by atoms with Crippen LogP contribution in [0.3, 0.4) is 0 Å². The quantitative estimate of drug-likeness (QED) is 0.891. The molecule has 1 heterocycles. The second kappa shape index (κ2) is 5.38. The van der Waals surface area contributed by atoms with Crippen molar-refractivity contribution in [2.24, 2.45) is 11.1 Å². The van der Waals surface area contributed by atoms with Crippen LogP contribution in [0.15, 0.2) is 24.3 Å². The van der Waals surface area contributed by atoms with E-state index in [0.717, 1.165) is 5.56 Å². The molecule has 1 aromatic carbocycles. The van der Waals surface area contributed by atoms with Gasteiger partial charge in [-0.3, -0.25) is 0 Å². The SMILES string of the molecule is CC(C)(C)c1ccc(C(O)C2(CN)CCS(=O)(=O)C2)cc1. The molecule has 1 aromatic rings. The van der Waals surface area contributed by atoms with Gasteiger partial charge in [0.2, 0.25) is 0 Å². The number of sulfone groups is 1. The maximum absolute atomic E-state index is 11.8. The lowest BCUT2D eigenvalue weighted by Crippen LogP contribution is -2.38. The van der Waals surface area contributed by atoms with Gasteiger partial charge < -0.3 is 10.8 Å². The number of nitrogens with two attached hydrogens (primary N) is 1. The Hall–Kier alpha value is -0.910. The maximum Gasteiger partial charge on any atom is 0.151 e. The predicted octanol–water partition coefficient (Wildman–Crippen LogP) is 1.78. The normalized spacial score (nSPS) is 26.7. The van der Waals surface area contributed by atoms with Crippen LogP contribution < -0.4 is 5.73 Å². The highest BCUT2D eigenvalue weighted by Gasteiger charge is 2.46. The van der Waals surface area contributed by atoms with Crippen LogP contribution in [0.4, 0.5) is 0 Å². The van der Waals surface area contributed by atoms with Crippen molar-refractivity contribution in [3.63, 3.8) is 0 Å². The Morgan fingerprint density at radius 1 is 1.29 bits per heavy atom. The molecule has 21 heavy (non-hydrogen) atoms. The molecule has 0 radical (unpaired) electrons. The molecule has 0 aromatic heterocycles. The third-order valence-electron chi connectivity index (χ3n) is 4.50. The summed E-state index contributed by atoms with van der Waals surface area (Å²) in [5, 5.41) is 10.7. The molecule has 1 fully saturated rings. The summed E-state index contributed by atoms with van der Waals surface area (Å²) in [4.78, 5) is 0. The van der Waals surface area contributed by atoms with Crippen molar-refractivity contribution < 1.29 is 13.5 Å². The van der Waals surface area contributed by atoms with Crippen LogP contribution in [0.1, 0.15) is 44.4 Å². The van der Waals surface area contributed by atoms with Gasteiger partial charge in [0.1, 0.15) is 0 Å². The fourth-order valence-electron chi connectivity index (χ4n) is 2.95. The molecular formula is C16H25NO3S. The standard InChI is InChI=1S/C16H25NO3S/c1-15(2,3)13-6-4-12(5-7-13)14(18)16(10-17)8-9-21(19,20)11-16/h4-7,14,18H,8-11,17H2,1-3H3. The van der Waals surface area contributed by atoms with Gasteiger partial charge in [-0.2, -0.15) is 0 Å². The van der Waals surface area contributed by atoms with E-state index in [1.165, 1.54) is 5.56 Å². The Bertz CT molecular complexity index is 601. The summed E-state index contributed by atoms with van der Waals surface area (Å²) in [6, 6.07) is 7.75. The van der Waals surface area contributed by atoms with Crippen LogP contribution in [-0.4, -0.2) is 31.6 Å². The van der Waals surface area contributed by atoms with E-state index in [1.54, 1.807) is 0 Å². The van der Waals surface area contributed by atoms with Crippen molar-refractivity contribution >= 4 is 9.84 Å². The first-order chi connectivity index (χ1) is 9.60. The third-order valence-corrected chi connectivity index (χ3v) is 6.34. The first kappa shape index (κ1) is 16.5. The molecule has 5 heteroatoms. The molecule has 1 aliphatic heterocycles. The van der Waals surface area contributed by atoms with E-state index < -0.39 is 21.4 Å². The van der Waals surface area contributed by atoms with Gasteiger partial charge in [0.05, 0.1) is 17.6 Å². The maximum atomic E-state index is 11.8. The first-order valence-electron chi connectivity index (χ1n) is 7.29. The van der Waals surface area contributed by atoms with E-state index in [2.05, 4.69) is 20.8 Å². The summed E-state index contributed by atoms with van der Waals surface area (Å²) in [6.45, 7) is 6.56. The number of aliphatic hydroxyl groups excluding tert-OH is 1. The molecule has 2 rings (SSSR count). The topological polar surface area (TPSA) is 80.4 Å². The molecule has 1 aliphatic rings. The highest BCUT2D eigenvalue weighted by atomic mass is 32.2. The molecule has 0 spiro atoms. The molecule has 3 N–H and O–H groups in total. The van der Waals surface area contributed by atoms with Crippen molar-refractivity contribution in [1.29, 1.82) is 0 Å². The lowest BCUT2D eigenvalue weighted by Gasteiger charge is -2.32. The minimum absolute atomic E-state index is 0.0291. The Labute approximate surface area is 127 Å². The highest BCUT2D eigenvalue weighted by molar-refractivity contribution is 7.91. The largest absolute Gasteiger partial charge is 0.388 e. The van der Waals surface area contributed by atoms with Crippen molar-refractivity contribution in [2.75, 3.05) is 18.1 Å². The Kier molecular flexibility index (Phi) is 4.21. The number of rotatable bonds is 3. The number of benzene rings is 1. The van der Waals surface area contributed by atoms with Crippen LogP contribution in [0.25, 0.3) is 0 Å². The second-order valence-electron chi connectivity index (χ2n) is 7.18. The molecule has 1 saturated heterocycles. The van der Waals surface area contributed by atoms with Crippen LogP contribution >= 0.6 is 0 Å². The third kappa shape index (κ3) is 3.30. The predicted molar refractivity (Wildman–Crippen MR) is 84.9 cm³/mol. The minimum atomic E-state index is -3.09. The van der Waals surface area contributed by atoms with Gasteiger partial charge in [0.25, 0.3) is 0 Å². The summed E-state index contributed by atoms with van der Waals surface area (Å²) in [6.07, 6.45) is -0.414. The van der Waals surface area contributed by atoms with Crippen LogP contribution in [0.2, 0.25) is 0 Å². The zero-order valence-corrected chi connectivity index (χ0v) is 13.8. The molecule has 0 aliphatic carbocycles. The van der Waals surface area contributed by atoms with Crippen molar-refractivity contribution in [3.8, 4) is 0 Å². The summed E-state index contributed by atoms with van der Waals surface area (Å²) in [5.41, 5.74) is 7.02. The van der Waals surface area contributed by atoms with E-state index >= 15 is 0 Å². The summed E-state index contributed by atoms with van der Waals surface area (Å²) in [7, 11) is -3.09. The van der Waals surface area contributed by atoms with Crippen LogP contribution in [0.5, 0.6) is 0 Å². The van der Waals surface area contributed by atoms with Gasteiger partial charge in [0, 0.05) is 12.0 Å². The van der Waals surface area contributed by atoms with Gasteiger partial charge in [-0.1, -0.05) is 45.0 Å². The van der Waals surface area contributed by atoms with E-state index in [-0.39, 0.29) is 23.5 Å². The fourth-order valence-corrected chi connectivity index (χ4v) is 5.11. The molecule has 0 bridgehead atoms. The molecule has 118 valence electrons. The van der Waals surface area contributed by atoms with Gasteiger partial charge in [-0.05, 0) is 23.0 Å². The molecule has 4 nitrogen and oxygen atoms in total. The monoisotopic (exact) mass is 311 g/mol. The summed E-state index contributed by atoms with van der Waals surface area (Å²) >= 11 is 0. The number of hydrogen-bond donors (Lipinski definition) is 2. The van der Waals surface area contributed by atoms with E-state index in [0.29, 0.717) is 6.42 Å². The van der Waals surface area contributed by atoms with E-state index in [9.17, 15) is 13.5 Å². The van der Waals surface area contributed by atoms with Crippen molar-refractivity contribution in [2.45, 2.75) is 38.7 Å². The van der Waals surface area contributed by atoms with Gasteiger partial charge in [0.15, 0.2) is 9.84 Å². The molecule has 0 saturated carbocycles. The Morgan fingerprint density at radius 3 is 2.24 bits per heavy atom. The number of hydrogen-bond acceptors (Lipinski definition) is 4. The average molecular weight is 311 g/mol. The molecule has 2 unspecified atom stereocenters. The average Bonchev–Trinajstić information content (AvgIpc) is 2.74. The summed E-state index contributed by atoms with van der Waals surface area (Å²) in [5.74, 6) is 0.0834. The Balaban J connectivity index is 2.29. The first-order valence-corrected chi connectivity index (χ1v) is 9.11. The highest BCUT2D eigenvalue weighted by Crippen LogP contribution is 2.42. The minimum Gasteiger partial charge on any atom is -0.388 e. The van der Waals surface area contributed by atoms with Gasteiger partial charge >= 0.3 is 0 Å². The van der Waals surface area contributed by atoms with Crippen LogP contribution in [0, 0.1) is 5.41 Å². The summed E-state index contributed by atoms with van der Waals surface area (Å²) < 4.78 is 23.5. The van der Waals surface area contributed by atoms with Crippen molar-refractivity contribution in [3.05, 3.63) is 35.4 Å². The van der Waals surface area contributed by atoms with E-state index in [1.807, 2.05) is 24.3 Å². The smallest absolute Gasteiger partial charge is 0.151 e. The molecule has 2 atom stereocenters. The Morgan fingerprint density at radius 2 is 1.86 bits per heavy atom. The lowest BCUT2D eigenvalue weighted by atomic mass is 9.77. The van der Waals surface area contributed by atoms with Gasteiger partial charge in [-0.15, -0.1) is 0 Å². The lowest BCUT2D eigenvalue weighted by molar-refractivity contribution is 0.0472. The van der Waals surface area contributed by atoms with Crippen molar-refractivity contribution in [1.82, 2.24) is 0 Å². The number of aliphatic hydroxyl groups is 1. The molecule has 0 amide bonds. The second-order valence-corrected chi connectivity index (χ2v) is 9.37. The van der Waals surface area contributed by atoms with E-state index in [4.69, 9.17) is 5.73 Å².